The number of halogens is 1. The van der Waals surface area contributed by atoms with Crippen molar-refractivity contribution in [2.75, 3.05) is 0 Å². The van der Waals surface area contributed by atoms with Crippen LogP contribution in [-0.2, 0) is 6.54 Å². The van der Waals surface area contributed by atoms with Gasteiger partial charge in [0.05, 0.1) is 22.4 Å². The SMILES string of the molecule is O=C(NCc1cccc(Br)c1)c1ccc2nc(-c3ccccc3)c(-c3ccccc3)nc2c1. The fraction of sp³-hybridized carbons (Fsp3) is 0.0357. The van der Waals surface area contributed by atoms with Gasteiger partial charge in [-0.25, -0.2) is 9.97 Å². The summed E-state index contributed by atoms with van der Waals surface area (Å²) in [5.41, 5.74) is 6.61. The van der Waals surface area contributed by atoms with E-state index < -0.39 is 0 Å². The second-order valence-corrected chi connectivity index (χ2v) is 8.58. The van der Waals surface area contributed by atoms with Crippen LogP contribution in [0.25, 0.3) is 33.5 Å². The van der Waals surface area contributed by atoms with Crippen LogP contribution in [0.5, 0.6) is 0 Å². The largest absolute Gasteiger partial charge is 0.348 e. The number of hydrogen-bond donors (Lipinski definition) is 1. The summed E-state index contributed by atoms with van der Waals surface area (Å²) in [7, 11) is 0. The van der Waals surface area contributed by atoms with Gasteiger partial charge >= 0.3 is 0 Å². The molecule has 5 rings (SSSR count). The highest BCUT2D eigenvalue weighted by atomic mass is 79.9. The Kier molecular flexibility index (Phi) is 5.96. The Morgan fingerprint density at radius 2 is 1.33 bits per heavy atom. The lowest BCUT2D eigenvalue weighted by Gasteiger charge is -2.11. The molecule has 0 aliphatic heterocycles. The van der Waals surface area contributed by atoms with E-state index in [9.17, 15) is 4.79 Å². The van der Waals surface area contributed by atoms with E-state index in [-0.39, 0.29) is 5.91 Å². The molecule has 0 unspecified atom stereocenters. The van der Waals surface area contributed by atoms with Crippen LogP contribution in [0.4, 0.5) is 0 Å². The van der Waals surface area contributed by atoms with E-state index in [1.807, 2.05) is 91.0 Å². The van der Waals surface area contributed by atoms with Crippen LogP contribution in [0.15, 0.2) is 108 Å². The van der Waals surface area contributed by atoms with Gasteiger partial charge in [-0.15, -0.1) is 0 Å². The Labute approximate surface area is 200 Å². The van der Waals surface area contributed by atoms with Crippen molar-refractivity contribution in [2.24, 2.45) is 0 Å². The first-order valence-corrected chi connectivity index (χ1v) is 11.4. The number of nitrogens with zero attached hydrogens (tertiary/aromatic N) is 2. The second kappa shape index (κ2) is 9.35. The number of fused-ring (bicyclic) bond motifs is 1. The smallest absolute Gasteiger partial charge is 0.251 e. The van der Waals surface area contributed by atoms with E-state index in [1.165, 1.54) is 0 Å². The molecule has 0 radical (unpaired) electrons. The maximum atomic E-state index is 12.8. The summed E-state index contributed by atoms with van der Waals surface area (Å²) in [5, 5.41) is 2.98. The summed E-state index contributed by atoms with van der Waals surface area (Å²) in [4.78, 5) is 22.7. The second-order valence-electron chi connectivity index (χ2n) is 7.67. The van der Waals surface area contributed by atoms with E-state index in [0.29, 0.717) is 17.6 Å². The van der Waals surface area contributed by atoms with Crippen molar-refractivity contribution in [2.45, 2.75) is 6.54 Å². The minimum atomic E-state index is -0.146. The first-order chi connectivity index (χ1) is 16.2. The Bertz CT molecular complexity index is 1440. The van der Waals surface area contributed by atoms with Crippen molar-refractivity contribution >= 4 is 32.9 Å². The number of hydrogen-bond acceptors (Lipinski definition) is 3. The molecule has 0 saturated carbocycles. The maximum absolute atomic E-state index is 12.8. The zero-order valence-corrected chi connectivity index (χ0v) is 19.3. The van der Waals surface area contributed by atoms with Crippen LogP contribution < -0.4 is 5.32 Å². The Morgan fingerprint density at radius 3 is 1.97 bits per heavy atom. The number of carbonyl (C=O) groups excluding carboxylic acids is 1. The molecule has 0 fully saturated rings. The van der Waals surface area contributed by atoms with E-state index in [2.05, 4.69) is 21.2 Å². The van der Waals surface area contributed by atoms with Crippen LogP contribution in [0.1, 0.15) is 15.9 Å². The highest BCUT2D eigenvalue weighted by Gasteiger charge is 2.14. The van der Waals surface area contributed by atoms with Gasteiger partial charge in [0, 0.05) is 27.7 Å². The van der Waals surface area contributed by atoms with Crippen molar-refractivity contribution in [3.8, 4) is 22.5 Å². The number of carbonyl (C=O) groups is 1. The fourth-order valence-corrected chi connectivity index (χ4v) is 4.17. The lowest BCUT2D eigenvalue weighted by Crippen LogP contribution is -2.22. The molecule has 0 aliphatic rings. The molecule has 5 aromatic rings. The van der Waals surface area contributed by atoms with Gasteiger partial charge in [-0.3, -0.25) is 4.79 Å². The van der Waals surface area contributed by atoms with E-state index >= 15 is 0 Å². The minimum absolute atomic E-state index is 0.146. The van der Waals surface area contributed by atoms with Gasteiger partial charge in [0.15, 0.2) is 0 Å². The van der Waals surface area contributed by atoms with Gasteiger partial charge in [-0.2, -0.15) is 0 Å². The van der Waals surface area contributed by atoms with E-state index in [1.54, 1.807) is 12.1 Å². The van der Waals surface area contributed by atoms with Gasteiger partial charge < -0.3 is 5.32 Å². The molecule has 0 spiro atoms. The van der Waals surface area contributed by atoms with Gasteiger partial charge in [0.2, 0.25) is 0 Å². The number of nitrogens with one attached hydrogen (secondary N) is 1. The maximum Gasteiger partial charge on any atom is 0.251 e. The average molecular weight is 494 g/mol. The van der Waals surface area contributed by atoms with Crippen molar-refractivity contribution in [1.29, 1.82) is 0 Å². The summed E-state index contributed by atoms with van der Waals surface area (Å²) in [6, 6.07) is 33.4. The summed E-state index contributed by atoms with van der Waals surface area (Å²) in [6.45, 7) is 0.449. The molecule has 1 N–H and O–H groups in total. The van der Waals surface area contributed by atoms with Crippen molar-refractivity contribution in [3.63, 3.8) is 0 Å². The minimum Gasteiger partial charge on any atom is -0.348 e. The molecule has 1 heterocycles. The van der Waals surface area contributed by atoms with Crippen LogP contribution in [0.2, 0.25) is 0 Å². The summed E-state index contributed by atoms with van der Waals surface area (Å²) in [5.74, 6) is -0.146. The predicted molar refractivity (Wildman–Crippen MR) is 136 cm³/mol. The third-order valence-corrected chi connectivity index (χ3v) is 5.86. The van der Waals surface area contributed by atoms with Gasteiger partial charge in [-0.1, -0.05) is 88.7 Å². The van der Waals surface area contributed by atoms with Crippen LogP contribution in [0, 0.1) is 0 Å². The van der Waals surface area contributed by atoms with Crippen LogP contribution in [-0.4, -0.2) is 15.9 Å². The molecule has 0 aliphatic carbocycles. The summed E-state index contributed by atoms with van der Waals surface area (Å²) >= 11 is 3.46. The number of rotatable bonds is 5. The standard InChI is InChI=1S/C28H20BrN3O/c29-23-13-7-8-19(16-23)18-30-28(33)22-14-15-24-25(17-22)32-27(21-11-5-2-6-12-21)26(31-24)20-9-3-1-4-10-20/h1-17H,18H2,(H,30,33). The first-order valence-electron chi connectivity index (χ1n) is 10.6. The molecular formula is C28H20BrN3O. The number of aromatic nitrogens is 2. The fourth-order valence-electron chi connectivity index (χ4n) is 3.72. The Hall–Kier alpha value is -3.83. The molecule has 33 heavy (non-hydrogen) atoms. The summed E-state index contributed by atoms with van der Waals surface area (Å²) < 4.78 is 0.984. The van der Waals surface area contributed by atoms with Crippen molar-refractivity contribution in [1.82, 2.24) is 15.3 Å². The molecule has 4 nitrogen and oxygen atoms in total. The third-order valence-electron chi connectivity index (χ3n) is 5.36. The monoisotopic (exact) mass is 493 g/mol. The van der Waals surface area contributed by atoms with Gasteiger partial charge in [-0.05, 0) is 35.9 Å². The number of amides is 1. The zero-order valence-electron chi connectivity index (χ0n) is 17.7. The van der Waals surface area contributed by atoms with Gasteiger partial charge in [0.25, 0.3) is 5.91 Å². The third kappa shape index (κ3) is 4.69. The zero-order chi connectivity index (χ0) is 22.6. The average Bonchev–Trinajstić information content (AvgIpc) is 2.87. The van der Waals surface area contributed by atoms with Gasteiger partial charge in [0.1, 0.15) is 0 Å². The molecule has 1 amide bonds. The Morgan fingerprint density at radius 1 is 0.697 bits per heavy atom. The normalized spacial score (nSPS) is 10.8. The Balaban J connectivity index is 1.52. The molecule has 4 aromatic carbocycles. The van der Waals surface area contributed by atoms with Crippen molar-refractivity contribution < 1.29 is 4.79 Å². The lowest BCUT2D eigenvalue weighted by atomic mass is 10.0. The quantitative estimate of drug-likeness (QED) is 0.298. The number of benzene rings is 4. The highest BCUT2D eigenvalue weighted by Crippen LogP contribution is 2.31. The molecular weight excluding hydrogens is 474 g/mol. The molecule has 0 bridgehead atoms. The van der Waals surface area contributed by atoms with Crippen LogP contribution >= 0.6 is 15.9 Å². The lowest BCUT2D eigenvalue weighted by molar-refractivity contribution is 0.0951. The van der Waals surface area contributed by atoms with Crippen molar-refractivity contribution in [3.05, 3.63) is 119 Å². The topological polar surface area (TPSA) is 54.9 Å². The highest BCUT2D eigenvalue weighted by molar-refractivity contribution is 9.10. The molecule has 160 valence electrons. The summed E-state index contributed by atoms with van der Waals surface area (Å²) in [6.07, 6.45) is 0. The molecule has 0 saturated heterocycles. The molecule has 1 aromatic heterocycles. The van der Waals surface area contributed by atoms with Crippen LogP contribution in [0.3, 0.4) is 0 Å². The van der Waals surface area contributed by atoms with E-state index in [0.717, 1.165) is 38.1 Å². The molecule has 0 atom stereocenters. The predicted octanol–water partition coefficient (Wildman–Crippen LogP) is 6.66. The molecule has 5 heteroatoms. The first kappa shape index (κ1) is 21.0. The van der Waals surface area contributed by atoms with E-state index in [4.69, 9.17) is 9.97 Å².